The average Bonchev–Trinajstić information content (AvgIpc) is 2.87. The summed E-state index contributed by atoms with van der Waals surface area (Å²) in [5, 5.41) is 12.5. The Balaban J connectivity index is 2.59. The highest BCUT2D eigenvalue weighted by atomic mass is 19.4. The molecular weight excluding hydrogens is 369 g/mol. The van der Waals surface area contributed by atoms with Gasteiger partial charge in [0.15, 0.2) is 0 Å². The number of esters is 1. The average molecular weight is 388 g/mol. The topological polar surface area (TPSA) is 93.6 Å². The number of ether oxygens (including phenoxy) is 2. The number of halogens is 3. The molecule has 2 N–H and O–H groups in total. The number of hydrogen-bond acceptors (Lipinski definition) is 5. The second kappa shape index (κ2) is 7.10. The van der Waals surface area contributed by atoms with Crippen molar-refractivity contribution < 1.29 is 32.5 Å². The van der Waals surface area contributed by atoms with E-state index in [0.717, 1.165) is 11.6 Å². The van der Waals surface area contributed by atoms with Crippen LogP contribution in [0.3, 0.4) is 0 Å². The molecule has 2 aromatic rings. The number of nitrogens with zero attached hydrogens (tertiary/aromatic N) is 1. The molecule has 1 unspecified atom stereocenters. The number of rotatable bonds is 5. The van der Waals surface area contributed by atoms with E-state index in [2.05, 4.69) is 9.84 Å². The molecular formula is C17H19F3N2O5. The number of hydrogen-bond donors (Lipinski definition) is 2. The number of methoxy groups -OCH3 is 1. The molecule has 0 aliphatic carbocycles. The van der Waals surface area contributed by atoms with Gasteiger partial charge in [0.1, 0.15) is 5.75 Å². The van der Waals surface area contributed by atoms with Crippen LogP contribution >= 0.6 is 0 Å². The SMILES string of the molecule is COC(=O)C(O)(c1c(C)[nH]n(-c2ccc(OC(C)C)cc2)c1=O)C(F)(F)F. The van der Waals surface area contributed by atoms with Crippen molar-refractivity contribution in [2.75, 3.05) is 7.11 Å². The summed E-state index contributed by atoms with van der Waals surface area (Å²) in [6, 6.07) is 5.97. The highest BCUT2D eigenvalue weighted by Gasteiger charge is 2.64. The number of aliphatic hydroxyl groups is 1. The zero-order valence-electron chi connectivity index (χ0n) is 15.0. The van der Waals surface area contributed by atoms with Crippen LogP contribution in [0.1, 0.15) is 25.1 Å². The summed E-state index contributed by atoms with van der Waals surface area (Å²) < 4.78 is 50.7. The molecule has 0 aliphatic heterocycles. The standard InChI is InChI=1S/C17H19F3N2O5/c1-9(2)27-12-7-5-11(6-8-12)22-14(23)13(10(3)21-22)16(25,15(24)26-4)17(18,19)20/h5-9,21,25H,1-4H3. The number of alkyl halides is 3. The highest BCUT2D eigenvalue weighted by Crippen LogP contribution is 2.39. The molecule has 1 aromatic heterocycles. The lowest BCUT2D eigenvalue weighted by Crippen LogP contribution is -2.52. The van der Waals surface area contributed by atoms with Crippen molar-refractivity contribution in [3.63, 3.8) is 0 Å². The second-order valence-corrected chi connectivity index (χ2v) is 6.11. The fourth-order valence-electron chi connectivity index (χ4n) is 2.61. The Bertz CT molecular complexity index is 883. The van der Waals surface area contributed by atoms with Crippen LogP contribution in [-0.2, 0) is 15.1 Å². The third-order valence-corrected chi connectivity index (χ3v) is 3.79. The predicted octanol–water partition coefficient (Wildman–Crippen LogP) is 2.18. The Morgan fingerprint density at radius 3 is 2.22 bits per heavy atom. The van der Waals surface area contributed by atoms with E-state index in [9.17, 15) is 27.9 Å². The van der Waals surface area contributed by atoms with E-state index in [0.29, 0.717) is 12.9 Å². The molecule has 2 rings (SSSR count). The minimum atomic E-state index is -5.46. The van der Waals surface area contributed by atoms with Gasteiger partial charge in [-0.25, -0.2) is 9.48 Å². The minimum absolute atomic E-state index is 0.0836. The van der Waals surface area contributed by atoms with Gasteiger partial charge in [-0.2, -0.15) is 13.2 Å². The number of carbonyl (C=O) groups excluding carboxylic acids is 1. The van der Waals surface area contributed by atoms with Crippen molar-refractivity contribution in [1.29, 1.82) is 0 Å². The quantitative estimate of drug-likeness (QED) is 0.766. The van der Waals surface area contributed by atoms with Crippen LogP contribution in [0, 0.1) is 6.92 Å². The molecule has 10 heteroatoms. The predicted molar refractivity (Wildman–Crippen MR) is 88.9 cm³/mol. The van der Waals surface area contributed by atoms with Crippen LogP contribution in [0.15, 0.2) is 29.1 Å². The lowest BCUT2D eigenvalue weighted by Gasteiger charge is -2.26. The zero-order chi connectivity index (χ0) is 20.6. The van der Waals surface area contributed by atoms with Gasteiger partial charge in [-0.3, -0.25) is 9.89 Å². The number of H-pyrrole nitrogens is 1. The third-order valence-electron chi connectivity index (χ3n) is 3.79. The summed E-state index contributed by atoms with van der Waals surface area (Å²) in [6.07, 6.45) is -5.54. The van der Waals surface area contributed by atoms with Gasteiger partial charge in [0.2, 0.25) is 0 Å². The maximum atomic E-state index is 13.4. The molecule has 1 aromatic carbocycles. The van der Waals surface area contributed by atoms with Gasteiger partial charge in [-0.1, -0.05) is 0 Å². The number of nitrogens with one attached hydrogen (secondary N) is 1. The van der Waals surface area contributed by atoms with Crippen molar-refractivity contribution in [1.82, 2.24) is 9.78 Å². The first kappa shape index (κ1) is 20.6. The van der Waals surface area contributed by atoms with Gasteiger partial charge in [0.05, 0.1) is 24.5 Å². The Morgan fingerprint density at radius 2 is 1.78 bits per heavy atom. The monoisotopic (exact) mass is 388 g/mol. The number of aryl methyl sites for hydroxylation is 1. The molecule has 1 heterocycles. The fourth-order valence-corrected chi connectivity index (χ4v) is 2.61. The Morgan fingerprint density at radius 1 is 1.22 bits per heavy atom. The lowest BCUT2D eigenvalue weighted by molar-refractivity contribution is -0.267. The maximum absolute atomic E-state index is 13.4. The first-order valence-electron chi connectivity index (χ1n) is 7.90. The third kappa shape index (κ3) is 3.57. The summed E-state index contributed by atoms with van der Waals surface area (Å²) in [7, 11) is 0.688. The normalized spacial score (nSPS) is 14.1. The molecule has 1 atom stereocenters. The molecule has 0 radical (unpaired) electrons. The Hall–Kier alpha value is -2.75. The van der Waals surface area contributed by atoms with E-state index >= 15 is 0 Å². The Labute approximate surface area is 152 Å². The van der Waals surface area contributed by atoms with Crippen LogP contribution in [0.2, 0.25) is 0 Å². The molecule has 0 saturated carbocycles. The fraction of sp³-hybridized carbons (Fsp3) is 0.412. The van der Waals surface area contributed by atoms with Crippen molar-refractivity contribution in [3.8, 4) is 11.4 Å². The smallest absolute Gasteiger partial charge is 0.432 e. The van der Waals surface area contributed by atoms with Crippen LogP contribution in [0.5, 0.6) is 5.75 Å². The van der Waals surface area contributed by atoms with E-state index in [1.807, 2.05) is 13.8 Å². The summed E-state index contributed by atoms with van der Waals surface area (Å²) in [6.45, 7) is 4.79. The first-order valence-corrected chi connectivity index (χ1v) is 7.90. The van der Waals surface area contributed by atoms with Crippen LogP contribution in [-0.4, -0.2) is 40.2 Å². The van der Waals surface area contributed by atoms with Gasteiger partial charge >= 0.3 is 12.1 Å². The van der Waals surface area contributed by atoms with Crippen molar-refractivity contribution in [2.24, 2.45) is 0 Å². The molecule has 0 fully saturated rings. The zero-order valence-corrected chi connectivity index (χ0v) is 15.0. The summed E-state index contributed by atoms with van der Waals surface area (Å²) >= 11 is 0. The second-order valence-electron chi connectivity index (χ2n) is 6.11. The highest BCUT2D eigenvalue weighted by molar-refractivity contribution is 5.82. The van der Waals surface area contributed by atoms with E-state index in [4.69, 9.17) is 4.74 Å². The molecule has 0 bridgehead atoms. The molecule has 7 nitrogen and oxygen atoms in total. The van der Waals surface area contributed by atoms with Gasteiger partial charge < -0.3 is 14.6 Å². The van der Waals surface area contributed by atoms with E-state index < -0.39 is 28.9 Å². The van der Waals surface area contributed by atoms with Crippen molar-refractivity contribution >= 4 is 5.97 Å². The van der Waals surface area contributed by atoms with Gasteiger partial charge in [0, 0.05) is 5.69 Å². The van der Waals surface area contributed by atoms with Gasteiger partial charge in [-0.15, -0.1) is 0 Å². The summed E-state index contributed by atoms with van der Waals surface area (Å²) in [5.74, 6) is -1.49. The lowest BCUT2D eigenvalue weighted by atomic mass is 9.93. The molecule has 0 spiro atoms. The first-order chi connectivity index (χ1) is 12.4. The number of benzene rings is 1. The van der Waals surface area contributed by atoms with Crippen molar-refractivity contribution in [3.05, 3.63) is 45.9 Å². The van der Waals surface area contributed by atoms with Gasteiger partial charge in [0.25, 0.3) is 11.2 Å². The summed E-state index contributed by atoms with van der Waals surface area (Å²) in [4.78, 5) is 24.3. The number of aromatic nitrogens is 2. The van der Waals surface area contributed by atoms with Crippen LogP contribution < -0.4 is 10.3 Å². The number of carbonyl (C=O) groups is 1. The molecule has 0 amide bonds. The maximum Gasteiger partial charge on any atom is 0.432 e. The van der Waals surface area contributed by atoms with Crippen LogP contribution in [0.4, 0.5) is 13.2 Å². The molecule has 0 aliphatic rings. The Kier molecular flexibility index (Phi) is 5.41. The van der Waals surface area contributed by atoms with E-state index in [-0.39, 0.29) is 17.5 Å². The molecule has 0 saturated heterocycles. The summed E-state index contributed by atoms with van der Waals surface area (Å²) in [5.41, 5.74) is -6.60. The van der Waals surface area contributed by atoms with E-state index in [1.165, 1.54) is 24.3 Å². The van der Waals surface area contributed by atoms with Gasteiger partial charge in [-0.05, 0) is 45.0 Å². The van der Waals surface area contributed by atoms with Crippen molar-refractivity contribution in [2.45, 2.75) is 38.7 Å². The van der Waals surface area contributed by atoms with E-state index in [1.54, 1.807) is 0 Å². The molecule has 148 valence electrons. The molecule has 27 heavy (non-hydrogen) atoms. The minimum Gasteiger partial charge on any atom is -0.491 e. The number of aromatic amines is 1. The largest absolute Gasteiger partial charge is 0.491 e. The van der Waals surface area contributed by atoms with Crippen LogP contribution in [0.25, 0.3) is 5.69 Å².